The molecule has 14 heteroatoms. The number of halogens is 3. The largest absolute Gasteiger partial charge is 0.493 e. The first-order valence-electron chi connectivity index (χ1n) is 11.9. The lowest BCUT2D eigenvalue weighted by Gasteiger charge is -2.17. The highest BCUT2D eigenvalue weighted by atomic mass is 19.2. The van der Waals surface area contributed by atoms with Gasteiger partial charge in [0.25, 0.3) is 11.5 Å². The van der Waals surface area contributed by atoms with Crippen molar-refractivity contribution in [3.8, 4) is 11.4 Å². The predicted octanol–water partition coefficient (Wildman–Crippen LogP) is 1.93. The summed E-state index contributed by atoms with van der Waals surface area (Å²) in [6.45, 7) is -0.0443. The number of H-pyrrole nitrogens is 1. The first kappa shape index (κ1) is 26.5. The van der Waals surface area contributed by atoms with Gasteiger partial charge in [0.1, 0.15) is 11.4 Å². The smallest absolute Gasteiger partial charge is 0.359 e. The van der Waals surface area contributed by atoms with Crippen molar-refractivity contribution in [1.82, 2.24) is 24.0 Å². The third kappa shape index (κ3) is 4.98. The van der Waals surface area contributed by atoms with Gasteiger partial charge in [-0.2, -0.15) is 4.98 Å². The Morgan fingerprint density at radius 2 is 1.80 bits per heavy atom. The molecule has 0 atom stereocenters. The maximum Gasteiger partial charge on any atom is 0.359 e. The second-order valence-corrected chi connectivity index (χ2v) is 9.16. The minimum absolute atomic E-state index is 0.148. The number of amides is 1. The summed E-state index contributed by atoms with van der Waals surface area (Å²) in [6.07, 6.45) is 0.636. The van der Waals surface area contributed by atoms with Crippen LogP contribution in [0.1, 0.15) is 21.6 Å². The molecule has 2 aromatic carbocycles. The fourth-order valence-corrected chi connectivity index (χ4v) is 4.24. The average Bonchev–Trinajstić information content (AvgIpc) is 3.36. The molecular formula is C26H21F3N6O5. The zero-order valence-corrected chi connectivity index (χ0v) is 21.1. The number of anilines is 2. The number of nitrogens with one attached hydrogen (secondary N) is 2. The SMILES string of the molecule is CN(C)C(=O)c1cc(-n2c(=O)nc(Nc3ccc4c(c3)CCO4)n(Cc3cc(F)c(F)c(F)c3)c2=O)cc(=O)[nH]1. The van der Waals surface area contributed by atoms with Crippen molar-refractivity contribution in [2.24, 2.45) is 0 Å². The Morgan fingerprint density at radius 1 is 1.07 bits per heavy atom. The second kappa shape index (κ2) is 10.2. The molecule has 4 aromatic rings. The van der Waals surface area contributed by atoms with E-state index >= 15 is 0 Å². The quantitative estimate of drug-likeness (QED) is 0.348. The van der Waals surface area contributed by atoms with Crippen LogP contribution in [0.3, 0.4) is 0 Å². The van der Waals surface area contributed by atoms with Crippen LogP contribution in [0.5, 0.6) is 5.75 Å². The molecule has 3 heterocycles. The molecule has 0 unspecified atom stereocenters. The molecule has 206 valence electrons. The summed E-state index contributed by atoms with van der Waals surface area (Å²) in [5.41, 5.74) is -2.22. The number of nitrogens with zero attached hydrogens (tertiary/aromatic N) is 4. The monoisotopic (exact) mass is 554 g/mol. The van der Waals surface area contributed by atoms with Gasteiger partial charge in [0, 0.05) is 32.3 Å². The minimum atomic E-state index is -1.68. The molecule has 2 aromatic heterocycles. The molecule has 0 radical (unpaired) electrons. The van der Waals surface area contributed by atoms with E-state index in [0.29, 0.717) is 41.2 Å². The van der Waals surface area contributed by atoms with Crippen LogP contribution in [0.15, 0.2) is 56.8 Å². The fourth-order valence-electron chi connectivity index (χ4n) is 4.24. The van der Waals surface area contributed by atoms with E-state index in [-0.39, 0.29) is 22.9 Å². The van der Waals surface area contributed by atoms with E-state index < -0.39 is 46.8 Å². The van der Waals surface area contributed by atoms with Crippen LogP contribution in [0.4, 0.5) is 24.8 Å². The first-order chi connectivity index (χ1) is 19.0. The van der Waals surface area contributed by atoms with Crippen molar-refractivity contribution in [2.45, 2.75) is 13.0 Å². The molecular weight excluding hydrogens is 533 g/mol. The molecule has 0 bridgehead atoms. The molecule has 0 aliphatic carbocycles. The Morgan fingerprint density at radius 3 is 2.50 bits per heavy atom. The highest BCUT2D eigenvalue weighted by Crippen LogP contribution is 2.29. The van der Waals surface area contributed by atoms with Gasteiger partial charge in [0.2, 0.25) is 5.95 Å². The van der Waals surface area contributed by atoms with Gasteiger partial charge >= 0.3 is 11.4 Å². The molecule has 40 heavy (non-hydrogen) atoms. The summed E-state index contributed by atoms with van der Waals surface area (Å²) in [6, 6.07) is 8.51. The van der Waals surface area contributed by atoms with E-state index in [0.717, 1.165) is 22.3 Å². The molecule has 0 fully saturated rings. The van der Waals surface area contributed by atoms with Crippen molar-refractivity contribution in [1.29, 1.82) is 0 Å². The predicted molar refractivity (Wildman–Crippen MR) is 137 cm³/mol. The number of fused-ring (bicyclic) bond motifs is 1. The van der Waals surface area contributed by atoms with Crippen LogP contribution < -0.4 is 27.0 Å². The highest BCUT2D eigenvalue weighted by Gasteiger charge is 2.20. The maximum atomic E-state index is 14.0. The molecule has 0 saturated carbocycles. The number of carbonyl (C=O) groups is 1. The van der Waals surface area contributed by atoms with E-state index in [1.54, 1.807) is 18.2 Å². The van der Waals surface area contributed by atoms with Crippen LogP contribution in [0.25, 0.3) is 5.69 Å². The van der Waals surface area contributed by atoms with E-state index in [4.69, 9.17) is 4.74 Å². The third-order valence-corrected chi connectivity index (χ3v) is 6.12. The number of aromatic nitrogens is 4. The van der Waals surface area contributed by atoms with Crippen molar-refractivity contribution in [3.05, 3.63) is 108 Å². The maximum absolute atomic E-state index is 14.0. The number of aromatic amines is 1. The number of benzene rings is 2. The minimum Gasteiger partial charge on any atom is -0.493 e. The van der Waals surface area contributed by atoms with Gasteiger partial charge in [-0.25, -0.2) is 27.3 Å². The summed E-state index contributed by atoms with van der Waals surface area (Å²) in [5, 5.41) is 2.87. The molecule has 11 nitrogen and oxygen atoms in total. The standard InChI is InChI=1S/C26H21F3N6O5/c1-33(2)23(37)19-10-16(11-21(36)31-19)35-25(38)32-24(30-15-3-4-20-14(9-15)5-6-40-20)34(26(35)39)12-13-7-17(27)22(29)18(28)8-13/h3-4,7-11H,5-6,12H2,1-2H3,(H,31,36)(H,30,32,38). The number of hydrogen-bond acceptors (Lipinski definition) is 7. The third-order valence-electron chi connectivity index (χ3n) is 6.12. The lowest BCUT2D eigenvalue weighted by Crippen LogP contribution is -2.42. The van der Waals surface area contributed by atoms with Crippen molar-refractivity contribution >= 4 is 17.5 Å². The summed E-state index contributed by atoms with van der Waals surface area (Å²) in [4.78, 5) is 59.1. The number of hydrogen-bond donors (Lipinski definition) is 2. The van der Waals surface area contributed by atoms with Gasteiger partial charge in [-0.05, 0) is 47.5 Å². The van der Waals surface area contributed by atoms with Gasteiger partial charge in [-0.15, -0.1) is 0 Å². The number of ether oxygens (including phenoxy) is 1. The first-order valence-corrected chi connectivity index (χ1v) is 11.9. The Balaban J connectivity index is 1.68. The summed E-state index contributed by atoms with van der Waals surface area (Å²) in [5.74, 6) is -4.83. The molecule has 0 saturated heterocycles. The number of carbonyl (C=O) groups excluding carboxylic acids is 1. The molecule has 2 N–H and O–H groups in total. The van der Waals surface area contributed by atoms with E-state index in [1.165, 1.54) is 19.0 Å². The normalized spacial score (nSPS) is 12.1. The lowest BCUT2D eigenvalue weighted by atomic mass is 10.1. The Kier molecular flexibility index (Phi) is 6.75. The van der Waals surface area contributed by atoms with Crippen molar-refractivity contribution in [2.75, 3.05) is 26.0 Å². The van der Waals surface area contributed by atoms with Gasteiger partial charge < -0.3 is 19.9 Å². The van der Waals surface area contributed by atoms with Crippen molar-refractivity contribution < 1.29 is 22.7 Å². The summed E-state index contributed by atoms with van der Waals surface area (Å²) in [7, 11) is 2.89. The summed E-state index contributed by atoms with van der Waals surface area (Å²) >= 11 is 0. The van der Waals surface area contributed by atoms with Crippen LogP contribution >= 0.6 is 0 Å². The van der Waals surface area contributed by atoms with Gasteiger partial charge in [0.05, 0.1) is 18.8 Å². The zero-order chi connectivity index (χ0) is 28.7. The topological polar surface area (TPSA) is 131 Å². The average molecular weight is 554 g/mol. The Bertz CT molecular complexity index is 1820. The highest BCUT2D eigenvalue weighted by molar-refractivity contribution is 5.92. The van der Waals surface area contributed by atoms with E-state index in [1.807, 2.05) is 0 Å². The summed E-state index contributed by atoms with van der Waals surface area (Å²) < 4.78 is 48.5. The number of pyridine rings is 1. The molecule has 1 amide bonds. The van der Waals surface area contributed by atoms with E-state index in [9.17, 15) is 32.3 Å². The number of rotatable bonds is 6. The molecule has 5 rings (SSSR count). The second-order valence-electron chi connectivity index (χ2n) is 9.16. The molecule has 0 spiro atoms. The zero-order valence-electron chi connectivity index (χ0n) is 21.1. The van der Waals surface area contributed by atoms with Gasteiger partial charge in [0.15, 0.2) is 17.5 Å². The van der Waals surface area contributed by atoms with Gasteiger partial charge in [-0.3, -0.25) is 14.2 Å². The fraction of sp³-hybridized carbons (Fsp3) is 0.192. The van der Waals surface area contributed by atoms with Crippen LogP contribution in [-0.2, 0) is 13.0 Å². The van der Waals surface area contributed by atoms with Crippen LogP contribution in [0, 0.1) is 17.5 Å². The van der Waals surface area contributed by atoms with E-state index in [2.05, 4.69) is 15.3 Å². The Labute approximate surface area is 223 Å². The van der Waals surface area contributed by atoms with Crippen LogP contribution in [-0.4, -0.2) is 50.6 Å². The Hall–Kier alpha value is -5.14. The van der Waals surface area contributed by atoms with Gasteiger partial charge in [-0.1, -0.05) is 0 Å². The molecule has 1 aliphatic heterocycles. The van der Waals surface area contributed by atoms with Crippen molar-refractivity contribution in [3.63, 3.8) is 0 Å². The lowest BCUT2D eigenvalue weighted by molar-refractivity contribution is 0.0821. The molecule has 1 aliphatic rings. The van der Waals surface area contributed by atoms with Crippen LogP contribution in [0.2, 0.25) is 0 Å².